The fourth-order valence-electron chi connectivity index (χ4n) is 3.65. The number of thiazole rings is 1. The third kappa shape index (κ3) is 2.85. The monoisotopic (exact) mass is 334 g/mol. The van der Waals surface area contributed by atoms with E-state index in [2.05, 4.69) is 0 Å². The number of fused-ring (bicyclic) bond motifs is 3. The van der Waals surface area contributed by atoms with Gasteiger partial charge in [0.15, 0.2) is 4.96 Å². The van der Waals surface area contributed by atoms with Gasteiger partial charge in [0, 0.05) is 27.6 Å². The Morgan fingerprint density at radius 1 is 1.18 bits per heavy atom. The smallest absolute Gasteiger partial charge is 0.259 e. The zero-order chi connectivity index (χ0) is 14.9. The Labute approximate surface area is 139 Å². The molecule has 1 fully saturated rings. The Kier molecular flexibility index (Phi) is 4.27. The van der Waals surface area contributed by atoms with E-state index in [0.29, 0.717) is 0 Å². The van der Waals surface area contributed by atoms with Crippen LogP contribution in [0.5, 0.6) is 0 Å². The molecule has 4 rings (SSSR count). The van der Waals surface area contributed by atoms with Crippen molar-refractivity contribution in [3.63, 3.8) is 0 Å². The van der Waals surface area contributed by atoms with E-state index in [1.165, 1.54) is 55.5 Å². The lowest BCUT2D eigenvalue weighted by molar-refractivity contribution is 0.516. The van der Waals surface area contributed by atoms with Crippen molar-refractivity contribution in [3.8, 4) is 0 Å². The van der Waals surface area contributed by atoms with Gasteiger partial charge in [0.25, 0.3) is 5.56 Å². The topological polar surface area (TPSA) is 34.4 Å². The van der Waals surface area contributed by atoms with E-state index in [-0.39, 0.29) is 5.56 Å². The first-order valence-corrected chi connectivity index (χ1v) is 10.3. The van der Waals surface area contributed by atoms with Gasteiger partial charge in [-0.05, 0) is 38.5 Å². The molecule has 0 bridgehead atoms. The van der Waals surface area contributed by atoms with E-state index in [4.69, 9.17) is 4.98 Å². The average molecular weight is 335 g/mol. The molecule has 0 N–H and O–H groups in total. The van der Waals surface area contributed by atoms with Gasteiger partial charge in [-0.2, -0.15) is 11.8 Å². The molecule has 2 aliphatic carbocycles. The highest BCUT2D eigenvalue weighted by Gasteiger charge is 2.19. The van der Waals surface area contributed by atoms with Crippen molar-refractivity contribution in [1.82, 2.24) is 9.38 Å². The highest BCUT2D eigenvalue weighted by Crippen LogP contribution is 2.31. The van der Waals surface area contributed by atoms with E-state index in [1.54, 1.807) is 17.4 Å². The molecule has 0 spiro atoms. The number of thioether (sulfide) groups is 1. The summed E-state index contributed by atoms with van der Waals surface area (Å²) in [4.78, 5) is 19.6. The summed E-state index contributed by atoms with van der Waals surface area (Å²) in [6.45, 7) is 0. The molecule has 0 saturated heterocycles. The number of rotatable bonds is 3. The molecule has 1 saturated carbocycles. The standard InChI is InChI=1S/C17H22N2OS2/c20-16-10-12(11-21-13-6-2-1-3-7-13)18-17-19(16)14-8-4-5-9-15(14)22-17/h10,13H,1-9,11H2. The Morgan fingerprint density at radius 3 is 2.86 bits per heavy atom. The van der Waals surface area contributed by atoms with Crippen molar-refractivity contribution in [2.75, 3.05) is 0 Å². The van der Waals surface area contributed by atoms with Crippen LogP contribution in [0.25, 0.3) is 4.96 Å². The van der Waals surface area contributed by atoms with Gasteiger partial charge < -0.3 is 0 Å². The second-order valence-corrected chi connectivity index (χ2v) is 8.80. The Hall–Kier alpha value is -0.810. The minimum Gasteiger partial charge on any atom is -0.269 e. The maximum atomic E-state index is 12.5. The summed E-state index contributed by atoms with van der Waals surface area (Å²) in [5.74, 6) is 0.888. The SMILES string of the molecule is O=c1cc(CSC2CCCCC2)nc2sc3c(n12)CCCC3. The lowest BCUT2D eigenvalue weighted by atomic mass is 10.0. The molecular formula is C17H22N2OS2. The lowest BCUT2D eigenvalue weighted by Crippen LogP contribution is -2.18. The molecule has 2 aliphatic rings. The fourth-order valence-corrected chi connectivity index (χ4v) is 6.10. The number of nitrogens with zero attached hydrogens (tertiary/aromatic N) is 2. The van der Waals surface area contributed by atoms with Crippen LogP contribution < -0.4 is 5.56 Å². The van der Waals surface area contributed by atoms with Gasteiger partial charge in [0.1, 0.15) is 0 Å². The Morgan fingerprint density at radius 2 is 2.00 bits per heavy atom. The minimum atomic E-state index is 0.128. The zero-order valence-electron chi connectivity index (χ0n) is 12.8. The number of hydrogen-bond donors (Lipinski definition) is 0. The van der Waals surface area contributed by atoms with E-state index < -0.39 is 0 Å². The average Bonchev–Trinajstić information content (AvgIpc) is 2.92. The van der Waals surface area contributed by atoms with Crippen LogP contribution in [0.1, 0.15) is 61.2 Å². The van der Waals surface area contributed by atoms with Gasteiger partial charge in [0.2, 0.25) is 0 Å². The summed E-state index contributed by atoms with van der Waals surface area (Å²) in [7, 11) is 0. The first-order valence-electron chi connectivity index (χ1n) is 8.46. The first-order chi connectivity index (χ1) is 10.8. The van der Waals surface area contributed by atoms with Crippen LogP contribution in [-0.2, 0) is 18.6 Å². The largest absolute Gasteiger partial charge is 0.269 e. The normalized spacial score (nSPS) is 19.5. The molecule has 0 aliphatic heterocycles. The van der Waals surface area contributed by atoms with Crippen LogP contribution in [-0.4, -0.2) is 14.6 Å². The Bertz CT molecular complexity index is 728. The second-order valence-electron chi connectivity index (χ2n) is 6.45. The van der Waals surface area contributed by atoms with Crippen molar-refractivity contribution in [1.29, 1.82) is 0 Å². The Balaban J connectivity index is 1.58. The van der Waals surface area contributed by atoms with Gasteiger partial charge in [-0.15, -0.1) is 11.3 Å². The van der Waals surface area contributed by atoms with Gasteiger partial charge in [0.05, 0.1) is 5.69 Å². The maximum absolute atomic E-state index is 12.5. The van der Waals surface area contributed by atoms with Crippen LogP contribution in [0.2, 0.25) is 0 Å². The van der Waals surface area contributed by atoms with Crippen molar-refractivity contribution in [2.45, 2.75) is 68.8 Å². The van der Waals surface area contributed by atoms with Gasteiger partial charge in [-0.1, -0.05) is 19.3 Å². The molecule has 0 unspecified atom stereocenters. The summed E-state index contributed by atoms with van der Waals surface area (Å²) >= 11 is 3.73. The molecule has 0 aromatic carbocycles. The van der Waals surface area contributed by atoms with E-state index >= 15 is 0 Å². The summed E-state index contributed by atoms with van der Waals surface area (Å²) in [6, 6.07) is 1.77. The van der Waals surface area contributed by atoms with Crippen molar-refractivity contribution in [3.05, 3.63) is 32.7 Å². The minimum absolute atomic E-state index is 0.128. The molecule has 5 heteroatoms. The number of aromatic nitrogens is 2. The van der Waals surface area contributed by atoms with Gasteiger partial charge >= 0.3 is 0 Å². The van der Waals surface area contributed by atoms with Gasteiger partial charge in [-0.3, -0.25) is 9.20 Å². The molecule has 0 radical (unpaired) electrons. The fraction of sp³-hybridized carbons (Fsp3) is 0.647. The molecule has 3 nitrogen and oxygen atoms in total. The van der Waals surface area contributed by atoms with E-state index in [1.807, 2.05) is 16.2 Å². The second kappa shape index (κ2) is 6.36. The summed E-state index contributed by atoms with van der Waals surface area (Å²) < 4.78 is 1.87. The van der Waals surface area contributed by atoms with Crippen molar-refractivity contribution >= 4 is 28.1 Å². The van der Waals surface area contributed by atoms with Crippen LogP contribution >= 0.6 is 23.1 Å². The number of aryl methyl sites for hydroxylation is 2. The molecule has 0 atom stereocenters. The predicted octanol–water partition coefficient (Wildman–Crippen LogP) is 4.20. The van der Waals surface area contributed by atoms with Crippen LogP contribution in [0, 0.1) is 0 Å². The molecule has 2 heterocycles. The third-order valence-electron chi connectivity index (χ3n) is 4.83. The highest BCUT2D eigenvalue weighted by atomic mass is 32.2. The van der Waals surface area contributed by atoms with Crippen LogP contribution in [0.15, 0.2) is 10.9 Å². The molecule has 22 heavy (non-hydrogen) atoms. The third-order valence-corrected chi connectivity index (χ3v) is 7.38. The number of hydrogen-bond acceptors (Lipinski definition) is 4. The van der Waals surface area contributed by atoms with Crippen molar-refractivity contribution < 1.29 is 0 Å². The molecule has 2 aromatic rings. The molecule has 0 amide bonds. The predicted molar refractivity (Wildman–Crippen MR) is 94.1 cm³/mol. The molecule has 2 aromatic heterocycles. The van der Waals surface area contributed by atoms with Gasteiger partial charge in [-0.25, -0.2) is 4.98 Å². The van der Waals surface area contributed by atoms with Crippen LogP contribution in [0.4, 0.5) is 0 Å². The highest BCUT2D eigenvalue weighted by molar-refractivity contribution is 7.99. The summed E-state index contributed by atoms with van der Waals surface area (Å²) in [5, 5.41) is 0.769. The van der Waals surface area contributed by atoms with E-state index in [9.17, 15) is 4.79 Å². The maximum Gasteiger partial charge on any atom is 0.259 e. The molecule has 118 valence electrons. The quantitative estimate of drug-likeness (QED) is 0.843. The zero-order valence-corrected chi connectivity index (χ0v) is 14.5. The van der Waals surface area contributed by atoms with E-state index in [0.717, 1.165) is 34.5 Å². The van der Waals surface area contributed by atoms with Crippen molar-refractivity contribution in [2.24, 2.45) is 0 Å². The lowest BCUT2D eigenvalue weighted by Gasteiger charge is -2.20. The molecular weight excluding hydrogens is 312 g/mol. The summed E-state index contributed by atoms with van der Waals surface area (Å²) in [5.41, 5.74) is 2.33. The first kappa shape index (κ1) is 14.8. The summed E-state index contributed by atoms with van der Waals surface area (Å²) in [6.07, 6.45) is 11.4. The van der Waals surface area contributed by atoms with Crippen LogP contribution in [0.3, 0.4) is 0 Å².